The summed E-state index contributed by atoms with van der Waals surface area (Å²) in [5.41, 5.74) is 1.24. The van der Waals surface area contributed by atoms with Crippen LogP contribution in [0.4, 0.5) is 0 Å². The summed E-state index contributed by atoms with van der Waals surface area (Å²) >= 11 is 7.55. The fraction of sp³-hybridized carbons (Fsp3) is 0.308. The molecule has 2 aromatic rings. The summed E-state index contributed by atoms with van der Waals surface area (Å²) < 4.78 is 0. The number of rotatable bonds is 5. The van der Waals surface area contributed by atoms with Crippen LogP contribution >= 0.6 is 22.9 Å². The lowest BCUT2D eigenvalue weighted by Gasteiger charge is -2.14. The molecule has 0 spiro atoms. The van der Waals surface area contributed by atoms with Crippen molar-refractivity contribution in [3.05, 3.63) is 51.4 Å². The summed E-state index contributed by atoms with van der Waals surface area (Å²) in [6, 6.07) is 8.27. The first kappa shape index (κ1) is 12.6. The Morgan fingerprint density at radius 3 is 2.71 bits per heavy atom. The number of aromatic nitrogens is 1. The van der Waals surface area contributed by atoms with E-state index in [-0.39, 0.29) is 0 Å². The molecular weight excluding hydrogens is 252 g/mol. The van der Waals surface area contributed by atoms with Crippen molar-refractivity contribution >= 4 is 22.9 Å². The van der Waals surface area contributed by atoms with Gasteiger partial charge in [0.1, 0.15) is 5.01 Å². The number of nitrogens with one attached hydrogen (secondary N) is 1. The lowest BCUT2D eigenvalue weighted by Crippen LogP contribution is -2.20. The second-order valence-corrected chi connectivity index (χ2v) is 5.20. The highest BCUT2D eigenvalue weighted by Gasteiger charge is 2.10. The summed E-state index contributed by atoms with van der Waals surface area (Å²) in [5.74, 6) is 0. The number of thiazole rings is 1. The predicted molar refractivity (Wildman–Crippen MR) is 73.4 cm³/mol. The van der Waals surface area contributed by atoms with Gasteiger partial charge in [0.25, 0.3) is 0 Å². The minimum absolute atomic E-state index is 0.339. The third-order valence-electron chi connectivity index (χ3n) is 2.62. The Labute approximate surface area is 111 Å². The Balaban J connectivity index is 1.94. The highest BCUT2D eigenvalue weighted by molar-refractivity contribution is 7.09. The van der Waals surface area contributed by atoms with Crippen LogP contribution in [0.15, 0.2) is 35.8 Å². The van der Waals surface area contributed by atoms with Gasteiger partial charge in [0.05, 0.1) is 6.04 Å². The van der Waals surface area contributed by atoms with Gasteiger partial charge in [-0.2, -0.15) is 0 Å². The molecule has 0 aliphatic carbocycles. The van der Waals surface area contributed by atoms with Gasteiger partial charge in [-0.05, 0) is 24.1 Å². The molecule has 17 heavy (non-hydrogen) atoms. The van der Waals surface area contributed by atoms with Crippen molar-refractivity contribution in [2.45, 2.75) is 25.9 Å². The largest absolute Gasteiger partial charge is 0.304 e. The first-order chi connectivity index (χ1) is 8.29. The summed E-state index contributed by atoms with van der Waals surface area (Å²) in [7, 11) is 0. The van der Waals surface area contributed by atoms with Gasteiger partial charge in [0, 0.05) is 23.1 Å². The first-order valence-electron chi connectivity index (χ1n) is 5.67. The van der Waals surface area contributed by atoms with Crippen molar-refractivity contribution in [2.75, 3.05) is 0 Å². The standard InChI is InChI=1S/C13H15ClN2S/c1-2-12(13-15-7-8-17-13)16-9-10-3-5-11(14)6-4-10/h3-8,12,16H,2,9H2,1H3. The van der Waals surface area contributed by atoms with Gasteiger partial charge >= 0.3 is 0 Å². The van der Waals surface area contributed by atoms with Gasteiger partial charge in [-0.1, -0.05) is 30.7 Å². The molecule has 1 atom stereocenters. The van der Waals surface area contributed by atoms with Gasteiger partial charge in [-0.25, -0.2) is 4.98 Å². The van der Waals surface area contributed by atoms with Crippen molar-refractivity contribution in [2.24, 2.45) is 0 Å². The van der Waals surface area contributed by atoms with E-state index >= 15 is 0 Å². The summed E-state index contributed by atoms with van der Waals surface area (Å²) in [6.07, 6.45) is 2.90. The third-order valence-corrected chi connectivity index (χ3v) is 3.76. The van der Waals surface area contributed by atoms with Crippen molar-refractivity contribution < 1.29 is 0 Å². The quantitative estimate of drug-likeness (QED) is 0.884. The van der Waals surface area contributed by atoms with E-state index in [0.717, 1.165) is 23.0 Å². The molecule has 0 fully saturated rings. The van der Waals surface area contributed by atoms with E-state index < -0.39 is 0 Å². The third kappa shape index (κ3) is 3.53. The van der Waals surface area contributed by atoms with Crippen LogP contribution < -0.4 is 5.32 Å². The highest BCUT2D eigenvalue weighted by atomic mass is 35.5. The van der Waals surface area contributed by atoms with Crippen LogP contribution in [-0.2, 0) is 6.54 Å². The summed E-state index contributed by atoms with van der Waals surface area (Å²) in [4.78, 5) is 4.35. The number of benzene rings is 1. The predicted octanol–water partition coefficient (Wildman–Crippen LogP) is 4.04. The van der Waals surface area contributed by atoms with E-state index in [1.807, 2.05) is 35.8 Å². The molecule has 0 saturated carbocycles. The average Bonchev–Trinajstić information content (AvgIpc) is 2.86. The fourth-order valence-corrected chi connectivity index (χ4v) is 2.58. The topological polar surface area (TPSA) is 24.9 Å². The minimum Gasteiger partial charge on any atom is -0.304 e. The molecule has 1 N–H and O–H groups in total. The van der Waals surface area contributed by atoms with Crippen LogP contribution in [0.2, 0.25) is 5.02 Å². The maximum absolute atomic E-state index is 5.85. The molecule has 0 saturated heterocycles. The van der Waals surface area contributed by atoms with Gasteiger partial charge < -0.3 is 5.32 Å². The van der Waals surface area contributed by atoms with E-state index in [1.54, 1.807) is 11.3 Å². The van der Waals surface area contributed by atoms with E-state index in [4.69, 9.17) is 11.6 Å². The van der Waals surface area contributed by atoms with Crippen molar-refractivity contribution in [1.82, 2.24) is 10.3 Å². The average molecular weight is 267 g/mol. The summed E-state index contributed by atoms with van der Waals surface area (Å²) in [5, 5.41) is 7.46. The Morgan fingerprint density at radius 1 is 1.35 bits per heavy atom. The molecule has 1 aromatic carbocycles. The molecule has 0 amide bonds. The molecule has 2 nitrogen and oxygen atoms in total. The van der Waals surface area contributed by atoms with Crippen LogP contribution in [0.5, 0.6) is 0 Å². The van der Waals surface area contributed by atoms with Gasteiger partial charge in [-0.15, -0.1) is 11.3 Å². The fourth-order valence-electron chi connectivity index (χ4n) is 1.66. The molecule has 1 unspecified atom stereocenters. The summed E-state index contributed by atoms with van der Waals surface area (Å²) in [6.45, 7) is 3.01. The monoisotopic (exact) mass is 266 g/mol. The Kier molecular flexibility index (Phi) is 4.54. The Hall–Kier alpha value is -0.900. The molecule has 1 heterocycles. The van der Waals surface area contributed by atoms with E-state index in [0.29, 0.717) is 6.04 Å². The maximum atomic E-state index is 5.85. The van der Waals surface area contributed by atoms with Crippen molar-refractivity contribution in [3.8, 4) is 0 Å². The van der Waals surface area contributed by atoms with Gasteiger partial charge in [0.2, 0.25) is 0 Å². The molecule has 0 radical (unpaired) electrons. The Bertz CT molecular complexity index is 439. The maximum Gasteiger partial charge on any atom is 0.109 e. The number of hydrogen-bond donors (Lipinski definition) is 1. The van der Waals surface area contributed by atoms with Crippen LogP contribution in [0, 0.1) is 0 Å². The smallest absolute Gasteiger partial charge is 0.109 e. The zero-order valence-corrected chi connectivity index (χ0v) is 11.3. The number of hydrogen-bond acceptors (Lipinski definition) is 3. The van der Waals surface area contributed by atoms with E-state index in [2.05, 4.69) is 17.2 Å². The molecule has 0 aliphatic heterocycles. The zero-order valence-electron chi connectivity index (χ0n) is 9.69. The molecular formula is C13H15ClN2S. The van der Waals surface area contributed by atoms with Gasteiger partial charge in [0.15, 0.2) is 0 Å². The SMILES string of the molecule is CCC(NCc1ccc(Cl)cc1)c1nccs1. The second-order valence-electron chi connectivity index (χ2n) is 3.84. The van der Waals surface area contributed by atoms with Crippen LogP contribution in [0.1, 0.15) is 30.0 Å². The van der Waals surface area contributed by atoms with Crippen LogP contribution in [0.25, 0.3) is 0 Å². The van der Waals surface area contributed by atoms with E-state index in [1.165, 1.54) is 5.56 Å². The van der Waals surface area contributed by atoms with Gasteiger partial charge in [-0.3, -0.25) is 0 Å². The zero-order chi connectivity index (χ0) is 12.1. The first-order valence-corrected chi connectivity index (χ1v) is 6.92. The number of halogens is 1. The molecule has 2 rings (SSSR count). The molecule has 90 valence electrons. The molecule has 0 aliphatic rings. The lowest BCUT2D eigenvalue weighted by atomic mass is 10.2. The molecule has 4 heteroatoms. The highest BCUT2D eigenvalue weighted by Crippen LogP contribution is 2.19. The van der Waals surface area contributed by atoms with Crippen LogP contribution in [-0.4, -0.2) is 4.98 Å². The Morgan fingerprint density at radius 2 is 2.12 bits per heavy atom. The number of nitrogens with zero attached hydrogens (tertiary/aromatic N) is 1. The second kappa shape index (κ2) is 6.15. The van der Waals surface area contributed by atoms with Crippen LogP contribution in [0.3, 0.4) is 0 Å². The molecule has 0 bridgehead atoms. The van der Waals surface area contributed by atoms with E-state index in [9.17, 15) is 0 Å². The van der Waals surface area contributed by atoms with Crippen molar-refractivity contribution in [1.29, 1.82) is 0 Å². The normalized spacial score (nSPS) is 12.6. The molecule has 1 aromatic heterocycles. The van der Waals surface area contributed by atoms with Crippen molar-refractivity contribution in [3.63, 3.8) is 0 Å². The minimum atomic E-state index is 0.339. The lowest BCUT2D eigenvalue weighted by molar-refractivity contribution is 0.516.